The molecule has 0 bridgehead atoms. The van der Waals surface area contributed by atoms with Crippen LogP contribution < -0.4 is 5.32 Å². The van der Waals surface area contributed by atoms with E-state index in [1.807, 2.05) is 31.3 Å². The van der Waals surface area contributed by atoms with Crippen molar-refractivity contribution in [2.75, 3.05) is 7.05 Å². The average molecular weight is 346 g/mol. The number of carbonyl (C=O) groups excluding carboxylic acids is 2. The standard InChI is InChI=1S/C22H22N2O2/c1-16(25)23-14-17-7-11-20(12-8-17)22(26)24(2)15-18-9-10-19-5-3-4-6-21(19)13-18/h3-13H,14-15H2,1-2H3,(H,23,25). The van der Waals surface area contributed by atoms with Crippen molar-refractivity contribution in [3.63, 3.8) is 0 Å². The van der Waals surface area contributed by atoms with Gasteiger partial charge >= 0.3 is 0 Å². The highest BCUT2D eigenvalue weighted by molar-refractivity contribution is 5.94. The van der Waals surface area contributed by atoms with Crippen LogP contribution in [0.15, 0.2) is 66.7 Å². The summed E-state index contributed by atoms with van der Waals surface area (Å²) in [5.41, 5.74) is 2.70. The van der Waals surface area contributed by atoms with Crippen molar-refractivity contribution < 1.29 is 9.59 Å². The van der Waals surface area contributed by atoms with Gasteiger partial charge in [-0.2, -0.15) is 0 Å². The molecule has 0 aliphatic heterocycles. The molecule has 4 nitrogen and oxygen atoms in total. The minimum Gasteiger partial charge on any atom is -0.352 e. The Kier molecular flexibility index (Phi) is 5.32. The maximum Gasteiger partial charge on any atom is 0.253 e. The molecule has 3 aromatic carbocycles. The predicted octanol–water partition coefficient (Wildman–Crippen LogP) is 3.75. The highest BCUT2D eigenvalue weighted by atomic mass is 16.2. The van der Waals surface area contributed by atoms with Gasteiger partial charge in [-0.05, 0) is 40.1 Å². The quantitative estimate of drug-likeness (QED) is 0.765. The number of hydrogen-bond acceptors (Lipinski definition) is 2. The molecule has 0 radical (unpaired) electrons. The van der Waals surface area contributed by atoms with Gasteiger partial charge in [-0.1, -0.05) is 48.5 Å². The Labute approximate surface area is 153 Å². The molecule has 0 unspecified atom stereocenters. The summed E-state index contributed by atoms with van der Waals surface area (Å²) in [6, 6.07) is 21.8. The van der Waals surface area contributed by atoms with E-state index in [1.54, 1.807) is 17.0 Å². The van der Waals surface area contributed by atoms with E-state index in [4.69, 9.17) is 0 Å². The molecular formula is C22H22N2O2. The van der Waals surface area contributed by atoms with Gasteiger partial charge in [-0.3, -0.25) is 9.59 Å². The van der Waals surface area contributed by atoms with Crippen LogP contribution >= 0.6 is 0 Å². The Bertz CT molecular complexity index is 932. The van der Waals surface area contributed by atoms with E-state index < -0.39 is 0 Å². The normalized spacial score (nSPS) is 10.5. The van der Waals surface area contributed by atoms with E-state index in [-0.39, 0.29) is 11.8 Å². The van der Waals surface area contributed by atoms with Crippen LogP contribution in [0, 0.1) is 0 Å². The predicted molar refractivity (Wildman–Crippen MR) is 104 cm³/mol. The molecule has 0 saturated carbocycles. The first-order chi connectivity index (χ1) is 12.5. The number of fused-ring (bicyclic) bond motifs is 1. The summed E-state index contributed by atoms with van der Waals surface area (Å²) in [6.07, 6.45) is 0. The van der Waals surface area contributed by atoms with Gasteiger partial charge in [0, 0.05) is 32.6 Å². The number of nitrogens with zero attached hydrogens (tertiary/aromatic N) is 1. The SMILES string of the molecule is CC(=O)NCc1ccc(C(=O)N(C)Cc2ccc3ccccc3c2)cc1. The molecule has 0 spiro atoms. The van der Waals surface area contributed by atoms with E-state index in [9.17, 15) is 9.59 Å². The zero-order valence-corrected chi connectivity index (χ0v) is 15.0. The molecular weight excluding hydrogens is 324 g/mol. The van der Waals surface area contributed by atoms with Crippen LogP contribution in [0.5, 0.6) is 0 Å². The average Bonchev–Trinajstić information content (AvgIpc) is 2.66. The molecule has 3 rings (SSSR count). The Balaban J connectivity index is 1.67. The van der Waals surface area contributed by atoms with E-state index >= 15 is 0 Å². The van der Waals surface area contributed by atoms with Gasteiger partial charge < -0.3 is 10.2 Å². The van der Waals surface area contributed by atoms with E-state index in [0.29, 0.717) is 18.7 Å². The molecule has 1 N–H and O–H groups in total. The molecule has 0 heterocycles. The molecule has 4 heteroatoms. The molecule has 0 atom stereocenters. The van der Waals surface area contributed by atoms with Crippen LogP contribution in [0.2, 0.25) is 0 Å². The van der Waals surface area contributed by atoms with Crippen molar-refractivity contribution in [1.29, 1.82) is 0 Å². The molecule has 0 aliphatic carbocycles. The lowest BCUT2D eigenvalue weighted by Crippen LogP contribution is -2.26. The summed E-state index contributed by atoms with van der Waals surface area (Å²) in [4.78, 5) is 25.3. The van der Waals surface area contributed by atoms with Gasteiger partial charge in [0.15, 0.2) is 0 Å². The second-order valence-corrected chi connectivity index (χ2v) is 6.45. The van der Waals surface area contributed by atoms with E-state index in [2.05, 4.69) is 35.6 Å². The first-order valence-corrected chi connectivity index (χ1v) is 8.59. The fourth-order valence-corrected chi connectivity index (χ4v) is 2.89. The fourth-order valence-electron chi connectivity index (χ4n) is 2.89. The summed E-state index contributed by atoms with van der Waals surface area (Å²) in [7, 11) is 1.81. The van der Waals surface area contributed by atoms with Gasteiger partial charge in [0.05, 0.1) is 0 Å². The number of amides is 2. The van der Waals surface area contributed by atoms with Gasteiger partial charge in [0.2, 0.25) is 5.91 Å². The monoisotopic (exact) mass is 346 g/mol. The number of hydrogen-bond donors (Lipinski definition) is 1. The van der Waals surface area contributed by atoms with Gasteiger partial charge in [-0.15, -0.1) is 0 Å². The third-order valence-corrected chi connectivity index (χ3v) is 4.32. The Hall–Kier alpha value is -3.14. The molecule has 0 fully saturated rings. The molecule has 3 aromatic rings. The molecule has 26 heavy (non-hydrogen) atoms. The Morgan fingerprint density at radius 3 is 2.23 bits per heavy atom. The second-order valence-electron chi connectivity index (χ2n) is 6.45. The molecule has 0 aliphatic rings. The molecule has 2 amide bonds. The third-order valence-electron chi connectivity index (χ3n) is 4.32. The fraction of sp³-hybridized carbons (Fsp3) is 0.182. The van der Waals surface area contributed by atoms with Crippen LogP contribution in [0.1, 0.15) is 28.4 Å². The van der Waals surface area contributed by atoms with Crippen molar-refractivity contribution in [2.24, 2.45) is 0 Å². The summed E-state index contributed by atoms with van der Waals surface area (Å²) < 4.78 is 0. The maximum atomic E-state index is 12.6. The highest BCUT2D eigenvalue weighted by Gasteiger charge is 2.12. The molecule has 132 valence electrons. The van der Waals surface area contributed by atoms with Crippen LogP contribution in [0.25, 0.3) is 10.8 Å². The number of rotatable bonds is 5. The van der Waals surface area contributed by atoms with Gasteiger partial charge in [-0.25, -0.2) is 0 Å². The first kappa shape index (κ1) is 17.7. The van der Waals surface area contributed by atoms with Crippen molar-refractivity contribution >= 4 is 22.6 Å². The minimum atomic E-state index is -0.0692. The van der Waals surface area contributed by atoms with E-state index in [0.717, 1.165) is 11.1 Å². The number of benzene rings is 3. The highest BCUT2D eigenvalue weighted by Crippen LogP contribution is 2.17. The smallest absolute Gasteiger partial charge is 0.253 e. The summed E-state index contributed by atoms with van der Waals surface area (Å²) in [6.45, 7) is 2.51. The Morgan fingerprint density at radius 2 is 1.54 bits per heavy atom. The molecule has 0 aromatic heterocycles. The number of carbonyl (C=O) groups is 2. The van der Waals surface area contributed by atoms with Crippen molar-refractivity contribution in [2.45, 2.75) is 20.0 Å². The van der Waals surface area contributed by atoms with Crippen LogP contribution in [-0.4, -0.2) is 23.8 Å². The second kappa shape index (κ2) is 7.83. The summed E-state index contributed by atoms with van der Waals surface area (Å²) in [5.74, 6) is -0.0930. The summed E-state index contributed by atoms with van der Waals surface area (Å²) in [5, 5.41) is 5.11. The first-order valence-electron chi connectivity index (χ1n) is 8.59. The zero-order valence-electron chi connectivity index (χ0n) is 15.0. The largest absolute Gasteiger partial charge is 0.352 e. The topological polar surface area (TPSA) is 49.4 Å². The van der Waals surface area contributed by atoms with Gasteiger partial charge in [0.25, 0.3) is 5.91 Å². The third kappa shape index (κ3) is 4.28. The minimum absolute atomic E-state index is 0.0239. The van der Waals surface area contributed by atoms with E-state index in [1.165, 1.54) is 17.7 Å². The number of nitrogens with one attached hydrogen (secondary N) is 1. The maximum absolute atomic E-state index is 12.6. The van der Waals surface area contributed by atoms with Crippen LogP contribution in [0.4, 0.5) is 0 Å². The Morgan fingerprint density at radius 1 is 0.885 bits per heavy atom. The zero-order chi connectivity index (χ0) is 18.5. The summed E-state index contributed by atoms with van der Waals surface area (Å²) >= 11 is 0. The lowest BCUT2D eigenvalue weighted by Gasteiger charge is -2.18. The molecule has 0 saturated heterocycles. The van der Waals surface area contributed by atoms with Crippen molar-refractivity contribution in [1.82, 2.24) is 10.2 Å². The lowest BCUT2D eigenvalue weighted by molar-refractivity contribution is -0.119. The van der Waals surface area contributed by atoms with Crippen molar-refractivity contribution in [3.05, 3.63) is 83.4 Å². The lowest BCUT2D eigenvalue weighted by atomic mass is 10.1. The van der Waals surface area contributed by atoms with Crippen LogP contribution in [-0.2, 0) is 17.9 Å². The van der Waals surface area contributed by atoms with Crippen molar-refractivity contribution in [3.8, 4) is 0 Å². The van der Waals surface area contributed by atoms with Crippen LogP contribution in [0.3, 0.4) is 0 Å². The van der Waals surface area contributed by atoms with Gasteiger partial charge in [0.1, 0.15) is 0 Å².